The maximum absolute atomic E-state index is 12.2. The van der Waals surface area contributed by atoms with Gasteiger partial charge in [-0.15, -0.1) is 11.3 Å². The Labute approximate surface area is 114 Å². The number of halogens is 1. The lowest BCUT2D eigenvalue weighted by atomic mass is 9.98. The third-order valence-corrected chi connectivity index (χ3v) is 4.72. The Morgan fingerprint density at radius 2 is 2.53 bits per heavy atom. The number of carbonyl (C=O) groups excluding carboxylic acids is 1. The predicted molar refractivity (Wildman–Crippen MR) is 74.1 cm³/mol. The molecule has 0 radical (unpaired) electrons. The lowest BCUT2D eigenvalue weighted by Gasteiger charge is -2.26. The summed E-state index contributed by atoms with van der Waals surface area (Å²) in [5.74, 6) is 0.430. The zero-order valence-electron chi connectivity index (χ0n) is 9.91. The van der Waals surface area contributed by atoms with Gasteiger partial charge in [0.15, 0.2) is 0 Å². The number of piperidine rings is 1. The van der Waals surface area contributed by atoms with Crippen LogP contribution < -0.4 is 5.32 Å². The van der Waals surface area contributed by atoms with Crippen LogP contribution >= 0.6 is 27.3 Å². The summed E-state index contributed by atoms with van der Waals surface area (Å²) >= 11 is 5.12. The van der Waals surface area contributed by atoms with Gasteiger partial charge in [-0.25, -0.2) is 0 Å². The van der Waals surface area contributed by atoms with E-state index in [9.17, 15) is 4.79 Å². The molecule has 2 heterocycles. The van der Waals surface area contributed by atoms with Crippen molar-refractivity contribution in [2.75, 3.05) is 20.1 Å². The van der Waals surface area contributed by atoms with Gasteiger partial charge in [-0.3, -0.25) is 4.79 Å². The van der Waals surface area contributed by atoms with Crippen LogP contribution in [0.4, 0.5) is 0 Å². The minimum absolute atomic E-state index is 0.164. The molecule has 0 bridgehead atoms. The van der Waals surface area contributed by atoms with Crippen LogP contribution in [0.25, 0.3) is 0 Å². The van der Waals surface area contributed by atoms with Gasteiger partial charge in [-0.05, 0) is 41.4 Å². The van der Waals surface area contributed by atoms with Crippen LogP contribution in [-0.4, -0.2) is 30.9 Å². The average molecular weight is 317 g/mol. The number of amides is 1. The lowest BCUT2D eigenvalue weighted by Crippen LogP contribution is -2.41. The highest BCUT2D eigenvalue weighted by Gasteiger charge is 2.23. The first-order valence-corrected chi connectivity index (χ1v) is 7.52. The quantitative estimate of drug-likeness (QED) is 0.929. The molecule has 2 rings (SSSR count). The van der Waals surface area contributed by atoms with Gasteiger partial charge in [0.2, 0.25) is 5.91 Å². The van der Waals surface area contributed by atoms with E-state index in [0.29, 0.717) is 6.54 Å². The topological polar surface area (TPSA) is 32.3 Å². The van der Waals surface area contributed by atoms with Gasteiger partial charge in [0, 0.05) is 28.3 Å². The number of nitrogens with one attached hydrogen (secondary N) is 1. The molecule has 1 aliphatic heterocycles. The van der Waals surface area contributed by atoms with Crippen molar-refractivity contribution in [2.24, 2.45) is 5.92 Å². The highest BCUT2D eigenvalue weighted by atomic mass is 79.9. The maximum Gasteiger partial charge on any atom is 0.227 e. The molecule has 1 atom stereocenters. The molecule has 1 fully saturated rings. The monoisotopic (exact) mass is 316 g/mol. The number of nitrogens with zero attached hydrogens (tertiary/aromatic N) is 1. The average Bonchev–Trinajstić information content (AvgIpc) is 2.75. The van der Waals surface area contributed by atoms with Crippen molar-refractivity contribution in [1.82, 2.24) is 10.2 Å². The second-order valence-electron chi connectivity index (χ2n) is 4.47. The molecule has 17 heavy (non-hydrogen) atoms. The van der Waals surface area contributed by atoms with E-state index in [1.54, 1.807) is 11.3 Å². The van der Waals surface area contributed by atoms with Crippen LogP contribution in [0.5, 0.6) is 0 Å². The summed E-state index contributed by atoms with van der Waals surface area (Å²) in [4.78, 5) is 15.3. The summed E-state index contributed by atoms with van der Waals surface area (Å²) in [6.45, 7) is 2.59. The van der Waals surface area contributed by atoms with Crippen LogP contribution in [0, 0.1) is 5.92 Å². The Hall–Kier alpha value is -0.390. The summed E-state index contributed by atoms with van der Waals surface area (Å²) in [5, 5.41) is 5.34. The fourth-order valence-electron chi connectivity index (χ4n) is 2.12. The molecule has 1 aromatic heterocycles. The van der Waals surface area contributed by atoms with Crippen molar-refractivity contribution in [1.29, 1.82) is 0 Å². The van der Waals surface area contributed by atoms with E-state index in [4.69, 9.17) is 0 Å². The van der Waals surface area contributed by atoms with Gasteiger partial charge in [0.1, 0.15) is 0 Å². The fourth-order valence-corrected chi connectivity index (χ4v) is 3.63. The second kappa shape index (κ2) is 5.98. The first-order valence-electron chi connectivity index (χ1n) is 5.85. The lowest BCUT2D eigenvalue weighted by molar-refractivity contribution is -0.135. The number of rotatable bonds is 3. The van der Waals surface area contributed by atoms with Gasteiger partial charge in [-0.2, -0.15) is 0 Å². The molecule has 0 aromatic carbocycles. The first kappa shape index (κ1) is 13.1. The Kier molecular flexibility index (Phi) is 4.59. The van der Waals surface area contributed by atoms with E-state index in [1.165, 1.54) is 4.88 Å². The van der Waals surface area contributed by atoms with E-state index < -0.39 is 0 Å². The Balaban J connectivity index is 1.90. The number of thiophene rings is 1. The van der Waals surface area contributed by atoms with E-state index in [2.05, 4.69) is 32.7 Å². The normalized spacial score (nSPS) is 20.2. The zero-order valence-corrected chi connectivity index (χ0v) is 12.3. The molecule has 1 aromatic rings. The molecule has 94 valence electrons. The van der Waals surface area contributed by atoms with Crippen molar-refractivity contribution in [3.05, 3.63) is 20.8 Å². The number of carbonyl (C=O) groups is 1. The first-order chi connectivity index (χ1) is 8.16. The Morgan fingerprint density at radius 1 is 1.71 bits per heavy atom. The molecular formula is C12H17BrN2OS. The Bertz CT molecular complexity index is 388. The van der Waals surface area contributed by atoms with Gasteiger partial charge < -0.3 is 10.2 Å². The number of hydrogen-bond donors (Lipinski definition) is 1. The SMILES string of the molecule is CN(Cc1cc(Br)cs1)C(=O)[C@H]1CCCNC1. The molecule has 0 saturated carbocycles. The van der Waals surface area contributed by atoms with Crippen LogP contribution in [-0.2, 0) is 11.3 Å². The van der Waals surface area contributed by atoms with Crippen molar-refractivity contribution < 1.29 is 4.79 Å². The van der Waals surface area contributed by atoms with Gasteiger partial charge >= 0.3 is 0 Å². The van der Waals surface area contributed by atoms with Crippen LogP contribution in [0.2, 0.25) is 0 Å². The van der Waals surface area contributed by atoms with E-state index >= 15 is 0 Å². The standard InChI is InChI=1S/C12H17BrN2OS/c1-15(7-11-5-10(13)8-17-11)12(16)9-3-2-4-14-6-9/h5,8-9,14H,2-4,6-7H2,1H3/t9-/m0/s1. The molecule has 0 spiro atoms. The smallest absolute Gasteiger partial charge is 0.227 e. The van der Waals surface area contributed by atoms with Crippen molar-refractivity contribution >= 4 is 33.2 Å². The van der Waals surface area contributed by atoms with Crippen molar-refractivity contribution in [2.45, 2.75) is 19.4 Å². The molecule has 1 amide bonds. The summed E-state index contributed by atoms with van der Waals surface area (Å²) < 4.78 is 1.10. The molecule has 0 unspecified atom stereocenters. The molecule has 5 heteroatoms. The summed E-state index contributed by atoms with van der Waals surface area (Å²) in [6, 6.07) is 2.08. The van der Waals surface area contributed by atoms with E-state index in [-0.39, 0.29) is 11.8 Å². The van der Waals surface area contributed by atoms with Crippen LogP contribution in [0.1, 0.15) is 17.7 Å². The zero-order chi connectivity index (χ0) is 12.3. The van der Waals surface area contributed by atoms with E-state index in [1.807, 2.05) is 11.9 Å². The fraction of sp³-hybridized carbons (Fsp3) is 0.583. The van der Waals surface area contributed by atoms with Crippen LogP contribution in [0.3, 0.4) is 0 Å². The van der Waals surface area contributed by atoms with Gasteiger partial charge in [0.05, 0.1) is 12.5 Å². The number of hydrogen-bond acceptors (Lipinski definition) is 3. The Morgan fingerprint density at radius 3 is 3.12 bits per heavy atom. The molecule has 1 saturated heterocycles. The largest absolute Gasteiger partial charge is 0.340 e. The van der Waals surface area contributed by atoms with E-state index in [0.717, 1.165) is 30.4 Å². The van der Waals surface area contributed by atoms with Crippen molar-refractivity contribution in [3.8, 4) is 0 Å². The highest BCUT2D eigenvalue weighted by molar-refractivity contribution is 9.10. The molecule has 0 aliphatic carbocycles. The third-order valence-electron chi connectivity index (χ3n) is 3.04. The molecule has 1 N–H and O–H groups in total. The highest BCUT2D eigenvalue weighted by Crippen LogP contribution is 2.22. The van der Waals surface area contributed by atoms with Crippen molar-refractivity contribution in [3.63, 3.8) is 0 Å². The predicted octanol–water partition coefficient (Wildman–Crippen LogP) is 2.47. The molecular weight excluding hydrogens is 300 g/mol. The summed E-state index contributed by atoms with van der Waals surface area (Å²) in [6.07, 6.45) is 2.12. The van der Waals surface area contributed by atoms with Gasteiger partial charge in [0.25, 0.3) is 0 Å². The third kappa shape index (κ3) is 3.53. The minimum atomic E-state index is 0.164. The molecule has 3 nitrogen and oxygen atoms in total. The van der Waals surface area contributed by atoms with Crippen LogP contribution in [0.15, 0.2) is 15.9 Å². The van der Waals surface area contributed by atoms with Gasteiger partial charge in [-0.1, -0.05) is 0 Å². The second-order valence-corrected chi connectivity index (χ2v) is 6.38. The molecule has 1 aliphatic rings. The summed E-state index contributed by atoms with van der Waals surface area (Å²) in [5.41, 5.74) is 0. The minimum Gasteiger partial charge on any atom is -0.340 e. The maximum atomic E-state index is 12.2. The summed E-state index contributed by atoms with van der Waals surface area (Å²) in [7, 11) is 1.89.